The predicted octanol–water partition coefficient (Wildman–Crippen LogP) is 6.07. The Balaban J connectivity index is 1.19. The standard InChI is InChI=1S/C40H51N3O6/c1-28-36(26-43-21-7-12-35(43)25-42-19-2-3-20-42)48-40(49-39(28)31-17-15-29(27-44)16-18-31)34-11-5-10-33(23-34)32-9-4-8-30(22-32)24-41-37(45)13-6-14-38(46)47/h4-5,8-11,15-18,22-23,28,35-36,39-40,44H,2-3,6-7,12-14,19-21,24-27H2,1H3,(H,41,45)(H,46,47)/t28-,35+,36+,39+,40+/m1/s1. The average molecular weight is 670 g/mol. The van der Waals surface area contributed by atoms with Crippen LogP contribution in [-0.2, 0) is 32.2 Å². The van der Waals surface area contributed by atoms with Crippen molar-refractivity contribution in [2.24, 2.45) is 5.92 Å². The number of rotatable bonds is 14. The minimum atomic E-state index is -0.892. The van der Waals surface area contributed by atoms with E-state index in [1.807, 2.05) is 30.3 Å². The van der Waals surface area contributed by atoms with Crippen LogP contribution >= 0.6 is 0 Å². The van der Waals surface area contributed by atoms with Crippen molar-refractivity contribution in [2.75, 3.05) is 32.7 Å². The van der Waals surface area contributed by atoms with Gasteiger partial charge in [0.1, 0.15) is 0 Å². The highest BCUT2D eigenvalue weighted by Gasteiger charge is 2.41. The van der Waals surface area contributed by atoms with Crippen LogP contribution in [0.5, 0.6) is 0 Å². The van der Waals surface area contributed by atoms with Gasteiger partial charge in [0.05, 0.1) is 18.8 Å². The fraction of sp³-hybridized carbons (Fsp3) is 0.500. The molecule has 0 aromatic heterocycles. The van der Waals surface area contributed by atoms with Gasteiger partial charge in [0.25, 0.3) is 0 Å². The number of carbonyl (C=O) groups is 2. The SMILES string of the molecule is C[C@@H]1[C@H](CN2CCC[C@H]2CN2CCCC2)O[C@H](c2cccc(-c3cccc(CNC(=O)CCCC(=O)O)c3)c2)O[C@@H]1c1ccc(CO)cc1. The summed E-state index contributed by atoms with van der Waals surface area (Å²) in [5.41, 5.74) is 5.95. The molecular formula is C40H51N3O6. The van der Waals surface area contributed by atoms with Crippen molar-refractivity contribution < 1.29 is 29.3 Å². The van der Waals surface area contributed by atoms with Crippen LogP contribution in [0.1, 0.15) is 86.5 Å². The average Bonchev–Trinajstić information content (AvgIpc) is 3.81. The molecule has 3 aliphatic heterocycles. The highest BCUT2D eigenvalue weighted by molar-refractivity contribution is 5.76. The van der Waals surface area contributed by atoms with Gasteiger partial charge in [-0.2, -0.15) is 0 Å². The third kappa shape index (κ3) is 9.35. The van der Waals surface area contributed by atoms with E-state index in [1.165, 1.54) is 38.8 Å². The summed E-state index contributed by atoms with van der Waals surface area (Å²) in [6.45, 7) is 8.16. The van der Waals surface area contributed by atoms with Crippen LogP contribution in [0.25, 0.3) is 11.1 Å². The maximum atomic E-state index is 12.2. The first-order chi connectivity index (χ1) is 23.9. The van der Waals surface area contributed by atoms with Crippen LogP contribution in [0.15, 0.2) is 72.8 Å². The molecule has 3 aliphatic rings. The second-order valence-electron chi connectivity index (χ2n) is 14.0. The van der Waals surface area contributed by atoms with Gasteiger partial charge in [-0.25, -0.2) is 0 Å². The monoisotopic (exact) mass is 669 g/mol. The molecule has 3 aromatic rings. The smallest absolute Gasteiger partial charge is 0.303 e. The Labute approximate surface area is 290 Å². The number of aliphatic hydroxyl groups excluding tert-OH is 1. The summed E-state index contributed by atoms with van der Waals surface area (Å²) in [6, 6.07) is 25.1. The fourth-order valence-corrected chi connectivity index (χ4v) is 7.58. The van der Waals surface area contributed by atoms with Crippen LogP contribution in [0.2, 0.25) is 0 Å². The van der Waals surface area contributed by atoms with Crippen LogP contribution in [0, 0.1) is 5.92 Å². The number of nitrogens with one attached hydrogen (secondary N) is 1. The molecular weight excluding hydrogens is 618 g/mol. The molecule has 262 valence electrons. The molecule has 49 heavy (non-hydrogen) atoms. The van der Waals surface area contributed by atoms with Crippen molar-refractivity contribution in [3.05, 3.63) is 95.1 Å². The summed E-state index contributed by atoms with van der Waals surface area (Å²) >= 11 is 0. The fourth-order valence-electron chi connectivity index (χ4n) is 7.58. The number of amides is 1. The zero-order valence-corrected chi connectivity index (χ0v) is 28.6. The van der Waals surface area contributed by atoms with Gasteiger partial charge in [-0.1, -0.05) is 67.6 Å². The van der Waals surface area contributed by atoms with E-state index in [0.29, 0.717) is 19.0 Å². The molecule has 3 fully saturated rings. The van der Waals surface area contributed by atoms with Crippen molar-refractivity contribution in [1.82, 2.24) is 15.1 Å². The van der Waals surface area contributed by atoms with Gasteiger partial charge in [0.2, 0.25) is 5.91 Å². The lowest BCUT2D eigenvalue weighted by Gasteiger charge is -2.43. The van der Waals surface area contributed by atoms with Crippen molar-refractivity contribution in [3.63, 3.8) is 0 Å². The number of nitrogens with zero attached hydrogens (tertiary/aromatic N) is 2. The number of aliphatic hydroxyl groups is 1. The Kier molecular flexibility index (Phi) is 12.1. The molecule has 0 radical (unpaired) electrons. The third-order valence-corrected chi connectivity index (χ3v) is 10.4. The van der Waals surface area contributed by atoms with E-state index in [2.05, 4.69) is 64.5 Å². The first-order valence-corrected chi connectivity index (χ1v) is 18.0. The lowest BCUT2D eigenvalue weighted by molar-refractivity contribution is -0.276. The largest absolute Gasteiger partial charge is 0.481 e. The van der Waals surface area contributed by atoms with Gasteiger partial charge in [0, 0.05) is 50.0 Å². The summed E-state index contributed by atoms with van der Waals surface area (Å²) < 4.78 is 13.7. The normalized spacial score (nSPS) is 24.7. The first-order valence-electron chi connectivity index (χ1n) is 18.0. The van der Waals surface area contributed by atoms with E-state index < -0.39 is 12.3 Å². The lowest BCUT2D eigenvalue weighted by Crippen LogP contribution is -2.48. The summed E-state index contributed by atoms with van der Waals surface area (Å²) in [5.74, 6) is -0.915. The Bertz CT molecular complexity index is 1540. The minimum Gasteiger partial charge on any atom is -0.481 e. The molecule has 3 heterocycles. The maximum absolute atomic E-state index is 12.2. The lowest BCUT2D eigenvalue weighted by atomic mass is 9.89. The van der Waals surface area contributed by atoms with Crippen molar-refractivity contribution in [3.8, 4) is 11.1 Å². The van der Waals surface area contributed by atoms with E-state index >= 15 is 0 Å². The maximum Gasteiger partial charge on any atom is 0.303 e. The minimum absolute atomic E-state index is 0.0102. The number of hydrogen-bond donors (Lipinski definition) is 3. The molecule has 0 bridgehead atoms. The van der Waals surface area contributed by atoms with E-state index in [1.54, 1.807) is 0 Å². The van der Waals surface area contributed by atoms with Gasteiger partial charge in [-0.15, -0.1) is 0 Å². The second-order valence-corrected chi connectivity index (χ2v) is 14.0. The Morgan fingerprint density at radius 1 is 0.837 bits per heavy atom. The Morgan fingerprint density at radius 3 is 2.35 bits per heavy atom. The van der Waals surface area contributed by atoms with Crippen LogP contribution in [0.3, 0.4) is 0 Å². The first kappa shape index (κ1) is 35.2. The number of carboxylic acid groups (broad SMARTS) is 1. The van der Waals surface area contributed by atoms with Crippen LogP contribution in [0.4, 0.5) is 0 Å². The number of ether oxygens (including phenoxy) is 2. The van der Waals surface area contributed by atoms with Gasteiger partial charge >= 0.3 is 5.97 Å². The number of hydrogen-bond acceptors (Lipinski definition) is 7. The Hall–Kier alpha value is -3.60. The van der Waals surface area contributed by atoms with Crippen LogP contribution in [-0.4, -0.2) is 76.8 Å². The van der Waals surface area contributed by atoms with E-state index in [9.17, 15) is 14.7 Å². The number of carbonyl (C=O) groups excluding carboxylic acids is 1. The molecule has 3 saturated heterocycles. The van der Waals surface area contributed by atoms with Gasteiger partial charge < -0.3 is 29.9 Å². The summed E-state index contributed by atoms with van der Waals surface area (Å²) in [4.78, 5) is 28.3. The summed E-state index contributed by atoms with van der Waals surface area (Å²) in [6.07, 6.45) is 4.85. The third-order valence-electron chi connectivity index (χ3n) is 10.4. The molecule has 9 nitrogen and oxygen atoms in total. The van der Waals surface area contributed by atoms with Crippen molar-refractivity contribution >= 4 is 11.9 Å². The highest BCUT2D eigenvalue weighted by Crippen LogP contribution is 2.43. The molecule has 0 saturated carbocycles. The number of carboxylic acids is 1. The molecule has 0 unspecified atom stereocenters. The van der Waals surface area contributed by atoms with Crippen LogP contribution < -0.4 is 5.32 Å². The molecule has 3 N–H and O–H groups in total. The molecule has 3 aromatic carbocycles. The number of aliphatic carboxylic acids is 1. The predicted molar refractivity (Wildman–Crippen MR) is 188 cm³/mol. The van der Waals surface area contributed by atoms with Crippen molar-refractivity contribution in [2.45, 2.75) is 89.6 Å². The molecule has 1 amide bonds. The molecule has 9 heteroatoms. The zero-order valence-electron chi connectivity index (χ0n) is 28.6. The molecule has 0 aliphatic carbocycles. The molecule has 0 spiro atoms. The number of likely N-dealkylation sites (tertiary alicyclic amines) is 2. The highest BCUT2D eigenvalue weighted by atomic mass is 16.7. The van der Waals surface area contributed by atoms with Crippen molar-refractivity contribution in [1.29, 1.82) is 0 Å². The van der Waals surface area contributed by atoms with Gasteiger partial charge in [-0.05, 0) is 91.7 Å². The quantitative estimate of drug-likeness (QED) is 0.190. The zero-order chi connectivity index (χ0) is 34.2. The topological polar surface area (TPSA) is 112 Å². The van der Waals surface area contributed by atoms with Gasteiger partial charge in [0.15, 0.2) is 6.29 Å². The van der Waals surface area contributed by atoms with E-state index in [-0.39, 0.29) is 43.5 Å². The Morgan fingerprint density at radius 2 is 1.59 bits per heavy atom. The van der Waals surface area contributed by atoms with Gasteiger partial charge in [-0.3, -0.25) is 14.5 Å². The molecule has 5 atom stereocenters. The summed E-state index contributed by atoms with van der Waals surface area (Å²) in [7, 11) is 0. The second kappa shape index (κ2) is 16.9. The molecule has 6 rings (SSSR count). The van der Waals surface area contributed by atoms with E-state index in [4.69, 9.17) is 14.6 Å². The van der Waals surface area contributed by atoms with E-state index in [0.717, 1.165) is 53.0 Å². The number of benzene rings is 3. The summed E-state index contributed by atoms with van der Waals surface area (Å²) in [5, 5.41) is 21.4.